The lowest BCUT2D eigenvalue weighted by Gasteiger charge is -2.28. The molecule has 0 aliphatic heterocycles. The molecule has 0 unspecified atom stereocenters. The molecule has 0 aliphatic rings. The average molecular weight is 639 g/mol. The van der Waals surface area contributed by atoms with Gasteiger partial charge in [-0.25, -0.2) is 0 Å². The zero-order chi connectivity index (χ0) is 34.9. The van der Waals surface area contributed by atoms with Gasteiger partial charge >= 0.3 is 11.9 Å². The Labute approximate surface area is 280 Å². The maximum Gasteiger partial charge on any atom is 0.317 e. The second-order valence-electron chi connectivity index (χ2n) is 13.8. The van der Waals surface area contributed by atoms with Crippen LogP contribution in [0.25, 0.3) is 11.1 Å². The standard InChI is InChI=1S/C25H34O3.C16H16O3/c1-17(2)24(5,6)23(26)28-22-15-11-20(12-16-22)25(7,8)19-9-13-21(14-10-19)27-18(3)4;1-11(2)16(18)19-15-9-5-13(6-10-15)12-3-7-14(17)8-4-12/h9-18H,1-8H3;3-11,17H,1-2H3. The van der Waals surface area contributed by atoms with Crippen molar-refractivity contribution in [2.45, 2.75) is 80.8 Å². The highest BCUT2D eigenvalue weighted by Gasteiger charge is 2.33. The number of esters is 2. The molecule has 0 saturated heterocycles. The summed E-state index contributed by atoms with van der Waals surface area (Å²) < 4.78 is 16.6. The summed E-state index contributed by atoms with van der Waals surface area (Å²) in [6, 6.07) is 30.3. The quantitative estimate of drug-likeness (QED) is 0.138. The van der Waals surface area contributed by atoms with Crippen LogP contribution in [-0.4, -0.2) is 23.1 Å². The van der Waals surface area contributed by atoms with Gasteiger partial charge in [0.25, 0.3) is 0 Å². The van der Waals surface area contributed by atoms with Crippen LogP contribution in [0, 0.1) is 17.3 Å². The normalized spacial score (nSPS) is 11.6. The second-order valence-corrected chi connectivity index (χ2v) is 13.8. The van der Waals surface area contributed by atoms with Crippen LogP contribution < -0.4 is 14.2 Å². The SMILES string of the molecule is CC(C)C(=O)Oc1ccc(-c2ccc(O)cc2)cc1.CC(C)Oc1ccc(C(C)(C)c2ccc(OC(=O)C(C)(C)C(C)C)cc2)cc1. The van der Waals surface area contributed by atoms with Crippen LogP contribution in [0.3, 0.4) is 0 Å². The van der Waals surface area contributed by atoms with Crippen LogP contribution in [0.4, 0.5) is 0 Å². The molecule has 1 N–H and O–H groups in total. The number of benzene rings is 4. The van der Waals surface area contributed by atoms with E-state index in [1.165, 1.54) is 5.56 Å². The van der Waals surface area contributed by atoms with Crippen molar-refractivity contribution in [3.63, 3.8) is 0 Å². The molecular formula is C41H50O6. The maximum atomic E-state index is 12.5. The van der Waals surface area contributed by atoms with Crippen molar-refractivity contribution in [2.75, 3.05) is 0 Å². The number of hydrogen-bond donors (Lipinski definition) is 1. The number of rotatable bonds is 10. The third-order valence-corrected chi connectivity index (χ3v) is 8.45. The number of aromatic hydroxyl groups is 1. The molecule has 6 nitrogen and oxygen atoms in total. The molecular weight excluding hydrogens is 588 g/mol. The zero-order valence-electron chi connectivity index (χ0n) is 29.5. The van der Waals surface area contributed by atoms with Crippen LogP contribution in [0.5, 0.6) is 23.0 Å². The van der Waals surface area contributed by atoms with E-state index < -0.39 is 5.41 Å². The van der Waals surface area contributed by atoms with E-state index in [1.807, 2.05) is 102 Å². The van der Waals surface area contributed by atoms with Crippen molar-refractivity contribution < 1.29 is 28.9 Å². The van der Waals surface area contributed by atoms with Gasteiger partial charge in [0.15, 0.2) is 0 Å². The molecule has 4 rings (SSSR count). The first-order valence-corrected chi connectivity index (χ1v) is 16.2. The molecule has 0 atom stereocenters. The Morgan fingerprint density at radius 2 is 0.979 bits per heavy atom. The summed E-state index contributed by atoms with van der Waals surface area (Å²) in [5, 5.41) is 9.24. The van der Waals surface area contributed by atoms with Crippen LogP contribution >= 0.6 is 0 Å². The third kappa shape index (κ3) is 10.2. The Balaban J connectivity index is 0.000000274. The summed E-state index contributed by atoms with van der Waals surface area (Å²) in [7, 11) is 0. The van der Waals surface area contributed by atoms with Crippen LogP contribution in [-0.2, 0) is 15.0 Å². The summed E-state index contributed by atoms with van der Waals surface area (Å²) in [6.45, 7) is 19.9. The van der Waals surface area contributed by atoms with E-state index in [1.54, 1.807) is 38.1 Å². The minimum Gasteiger partial charge on any atom is -0.508 e. The van der Waals surface area contributed by atoms with Crippen LogP contribution in [0.15, 0.2) is 97.1 Å². The van der Waals surface area contributed by atoms with Gasteiger partial charge < -0.3 is 19.3 Å². The molecule has 0 radical (unpaired) electrons. The topological polar surface area (TPSA) is 82.1 Å². The average Bonchev–Trinajstić information content (AvgIpc) is 3.02. The summed E-state index contributed by atoms with van der Waals surface area (Å²) in [6.07, 6.45) is 0.162. The monoisotopic (exact) mass is 638 g/mol. The molecule has 47 heavy (non-hydrogen) atoms. The summed E-state index contributed by atoms with van der Waals surface area (Å²) in [5.74, 6) is 1.88. The van der Waals surface area contributed by atoms with E-state index in [-0.39, 0.29) is 41.0 Å². The van der Waals surface area contributed by atoms with Crippen molar-refractivity contribution in [1.29, 1.82) is 0 Å². The third-order valence-electron chi connectivity index (χ3n) is 8.45. The molecule has 4 aromatic carbocycles. The van der Waals surface area contributed by atoms with Gasteiger partial charge in [0.05, 0.1) is 17.4 Å². The van der Waals surface area contributed by atoms with Crippen LogP contribution in [0.2, 0.25) is 0 Å². The molecule has 0 amide bonds. The Hall–Kier alpha value is -4.58. The largest absolute Gasteiger partial charge is 0.508 e. The van der Waals surface area contributed by atoms with E-state index >= 15 is 0 Å². The first kappa shape index (κ1) is 36.9. The van der Waals surface area contributed by atoms with Gasteiger partial charge in [-0.05, 0) is 104 Å². The number of carbonyl (C=O) groups excluding carboxylic acids is 2. The molecule has 0 saturated carbocycles. The number of phenols is 1. The highest BCUT2D eigenvalue weighted by molar-refractivity contribution is 5.78. The molecule has 0 aromatic heterocycles. The van der Waals surface area contributed by atoms with Gasteiger partial charge in [-0.15, -0.1) is 0 Å². The second kappa shape index (κ2) is 15.8. The predicted octanol–water partition coefficient (Wildman–Crippen LogP) is 10.0. The molecule has 0 fully saturated rings. The highest BCUT2D eigenvalue weighted by atomic mass is 16.5. The van der Waals surface area contributed by atoms with Crippen molar-refractivity contribution in [2.24, 2.45) is 17.3 Å². The molecule has 250 valence electrons. The van der Waals surface area contributed by atoms with Gasteiger partial charge in [-0.1, -0.05) is 90.1 Å². The van der Waals surface area contributed by atoms with Gasteiger partial charge in [0, 0.05) is 5.41 Å². The number of hydrogen-bond acceptors (Lipinski definition) is 6. The number of phenolic OH excluding ortho intramolecular Hbond substituents is 1. The first-order chi connectivity index (χ1) is 22.0. The van der Waals surface area contributed by atoms with Crippen molar-refractivity contribution in [3.8, 4) is 34.1 Å². The molecule has 0 aliphatic carbocycles. The van der Waals surface area contributed by atoms with Crippen LogP contribution in [0.1, 0.15) is 80.4 Å². The van der Waals surface area contributed by atoms with Gasteiger partial charge in [0.1, 0.15) is 23.0 Å². The van der Waals surface area contributed by atoms with Gasteiger partial charge in [-0.2, -0.15) is 0 Å². The highest BCUT2D eigenvalue weighted by Crippen LogP contribution is 2.34. The van der Waals surface area contributed by atoms with E-state index in [4.69, 9.17) is 14.2 Å². The molecule has 0 heterocycles. The van der Waals surface area contributed by atoms with Crippen molar-refractivity contribution in [1.82, 2.24) is 0 Å². The Bertz CT molecular complexity index is 1580. The fourth-order valence-corrected chi connectivity index (χ4v) is 4.41. The molecule has 4 aromatic rings. The molecule has 6 heteroatoms. The summed E-state index contributed by atoms with van der Waals surface area (Å²) in [5.41, 5.74) is 3.68. The fourth-order valence-electron chi connectivity index (χ4n) is 4.41. The zero-order valence-corrected chi connectivity index (χ0v) is 29.5. The lowest BCUT2D eigenvalue weighted by Crippen LogP contribution is -2.33. The van der Waals surface area contributed by atoms with Gasteiger partial charge in [0.2, 0.25) is 0 Å². The lowest BCUT2D eigenvalue weighted by molar-refractivity contribution is -0.146. The smallest absolute Gasteiger partial charge is 0.317 e. The number of carbonyl (C=O) groups is 2. The van der Waals surface area contributed by atoms with Crippen molar-refractivity contribution >= 4 is 11.9 Å². The minimum atomic E-state index is -0.516. The fraction of sp³-hybridized carbons (Fsp3) is 0.366. The minimum absolute atomic E-state index is 0.142. The summed E-state index contributed by atoms with van der Waals surface area (Å²) >= 11 is 0. The molecule has 0 spiro atoms. The Morgan fingerprint density at radius 1 is 0.574 bits per heavy atom. The first-order valence-electron chi connectivity index (χ1n) is 16.2. The van der Waals surface area contributed by atoms with E-state index in [9.17, 15) is 14.7 Å². The lowest BCUT2D eigenvalue weighted by atomic mass is 9.78. The summed E-state index contributed by atoms with van der Waals surface area (Å²) in [4.78, 5) is 23.9. The van der Waals surface area contributed by atoms with E-state index in [2.05, 4.69) is 26.0 Å². The van der Waals surface area contributed by atoms with Crippen molar-refractivity contribution in [3.05, 3.63) is 108 Å². The van der Waals surface area contributed by atoms with E-state index in [0.29, 0.717) is 11.5 Å². The Kier molecular flexibility index (Phi) is 12.4. The number of ether oxygens (including phenoxy) is 3. The maximum absolute atomic E-state index is 12.5. The molecule has 0 bridgehead atoms. The predicted molar refractivity (Wildman–Crippen MR) is 189 cm³/mol. The van der Waals surface area contributed by atoms with E-state index in [0.717, 1.165) is 22.4 Å². The Morgan fingerprint density at radius 3 is 1.40 bits per heavy atom. The van der Waals surface area contributed by atoms with Gasteiger partial charge in [-0.3, -0.25) is 9.59 Å².